The summed E-state index contributed by atoms with van der Waals surface area (Å²) < 4.78 is 226. The lowest BCUT2D eigenvalue weighted by Gasteiger charge is -2.53. The molecular formula is C84H154O56. The van der Waals surface area contributed by atoms with Crippen LogP contribution in [-0.2, 0) is 166 Å². The van der Waals surface area contributed by atoms with Crippen LogP contribution in [0.5, 0.6) is 0 Å². The molecule has 56 atom stereocenters. The van der Waals surface area contributed by atoms with Crippen LogP contribution in [0.1, 0.15) is 145 Å². The molecule has 0 aromatic carbocycles. The van der Waals surface area contributed by atoms with Crippen molar-refractivity contribution in [2.75, 3.05) is 46.2 Å². The summed E-state index contributed by atoms with van der Waals surface area (Å²) in [4.78, 5) is 0. The monoisotopic (exact) mass is 2060 g/mol. The van der Waals surface area contributed by atoms with E-state index < -0.39 is 393 Å². The predicted molar refractivity (Wildman–Crippen MR) is 450 cm³/mol. The number of rotatable bonds is 49. The zero-order valence-electron chi connectivity index (χ0n) is 82.0. The molecule has 21 saturated heterocycles. The fourth-order valence-electron chi connectivity index (χ4n) is 17.0. The zero-order valence-corrected chi connectivity index (χ0v) is 82.0. The normalized spacial score (nSPS) is 40.8. The summed E-state index contributed by atoms with van der Waals surface area (Å²) >= 11 is 0. The Morgan fingerprint density at radius 3 is 0.293 bits per heavy atom. The van der Waals surface area contributed by atoms with E-state index in [4.69, 9.17) is 166 Å². The van der Waals surface area contributed by atoms with Crippen LogP contribution in [0, 0.1) is 0 Å². The lowest BCUT2D eigenvalue weighted by atomic mass is 9.94. The van der Waals surface area contributed by atoms with E-state index in [0.717, 1.165) is 96.9 Å². The Labute approximate surface area is 809 Å². The van der Waals surface area contributed by atoms with Crippen LogP contribution in [0.4, 0.5) is 0 Å². The van der Waals surface area contributed by atoms with Crippen molar-refractivity contribution in [2.45, 2.75) is 492 Å². The minimum absolute atomic E-state index is 0.834. The van der Waals surface area contributed by atoms with E-state index in [2.05, 4.69) is 0 Å². The lowest BCUT2D eigenvalue weighted by molar-refractivity contribution is -0.427. The second kappa shape index (κ2) is 58.4. The van der Waals surface area contributed by atoms with Crippen LogP contribution in [0.2, 0.25) is 0 Å². The van der Waals surface area contributed by atoms with Crippen LogP contribution in [-0.4, -0.2) is 501 Å². The first-order valence-electron chi connectivity index (χ1n) is 46.6. The molecule has 14 bridgehead atoms. The Bertz CT molecular complexity index is 2740. The topological polar surface area (TPSA) is 748 Å². The Morgan fingerprint density at radius 2 is 0.214 bits per heavy atom. The fraction of sp³-hybridized carbons (Fsp3) is 1.00. The molecule has 21 N–H and O–H groups in total. The van der Waals surface area contributed by atoms with Gasteiger partial charge < -0.3 is 273 Å². The summed E-state index contributed by atoms with van der Waals surface area (Å²) in [6.45, 7) is 18.2. The highest BCUT2D eigenvalue weighted by molar-refractivity contribution is 5.06. The van der Waals surface area contributed by atoms with E-state index in [1.54, 1.807) is 0 Å². The maximum Gasteiger partial charge on any atom is 0.187 e. The molecule has 56 nitrogen and oxygen atoms in total. The molecular weight excluding hydrogens is 1900 g/mol. The fourth-order valence-corrected chi connectivity index (χ4v) is 17.0. The molecule has 0 aromatic heterocycles. The second-order valence-corrected chi connectivity index (χ2v) is 34.8. The highest BCUT2D eigenvalue weighted by Crippen LogP contribution is 2.46. The lowest BCUT2D eigenvalue weighted by Crippen LogP contribution is -2.70. The van der Waals surface area contributed by atoms with Crippen molar-refractivity contribution in [1.82, 2.24) is 0 Å². The number of ether oxygens (including phenoxy) is 35. The summed E-state index contributed by atoms with van der Waals surface area (Å²) in [5.41, 5.74) is 0. The summed E-state index contributed by atoms with van der Waals surface area (Å²) in [6.07, 6.45) is -109. The van der Waals surface area contributed by atoms with Crippen LogP contribution in [0.15, 0.2) is 0 Å². The number of aliphatic hydroxyl groups is 21. The summed E-state index contributed by atoms with van der Waals surface area (Å²) in [6, 6.07) is 0. The van der Waals surface area contributed by atoms with Gasteiger partial charge in [0.15, 0.2) is 176 Å². The molecule has 21 heterocycles. The smallest absolute Gasteiger partial charge is 0.187 e. The third kappa shape index (κ3) is 37.4. The molecule has 0 saturated carbocycles. The molecule has 0 radical (unpaired) electrons. The SMILES string of the molecule is CC(O)OCC1OC2OC3C(COC(C)O)OC(OC4C(COC(C)O)OC(OC5C(COC(C)O)OC(OC6C(COC(C)O)OC(OC7C(COC(C)O)OC(OC8C(COC(C)O)OC(OC1C(OC(C)O)C2OC(C)O)C(OC(C)O)C8OC(C)O)C(OC(C)O)C7OC(C)O)C(OC(C)O)C6OC(C)O)C(OC(C)O)C5OC(C)O)C(OC(C)O)C4OC(C)O)C(OC(C)O)C3OC(C)O. The van der Waals surface area contributed by atoms with Gasteiger partial charge in [0.2, 0.25) is 0 Å². The van der Waals surface area contributed by atoms with E-state index in [1.165, 1.54) is 48.5 Å². The molecule has 0 spiro atoms. The number of hydrogen-bond donors (Lipinski definition) is 21. The predicted octanol–water partition coefficient (Wildman–Crippen LogP) is -7.62. The van der Waals surface area contributed by atoms with Gasteiger partial charge in [0.25, 0.3) is 0 Å². The molecule has 21 rings (SSSR count). The van der Waals surface area contributed by atoms with Gasteiger partial charge in [-0.05, 0) is 145 Å². The molecule has 21 fully saturated rings. The summed E-state index contributed by atoms with van der Waals surface area (Å²) in [5.74, 6) is 0. The maximum absolute atomic E-state index is 11.7. The van der Waals surface area contributed by atoms with Crippen LogP contribution in [0.25, 0.3) is 0 Å². The Morgan fingerprint density at radius 1 is 0.129 bits per heavy atom. The van der Waals surface area contributed by atoms with Gasteiger partial charge in [0, 0.05) is 0 Å². The highest BCUT2D eigenvalue weighted by atomic mass is 16.9. The van der Waals surface area contributed by atoms with Gasteiger partial charge in [0.05, 0.1) is 46.2 Å². The first kappa shape index (κ1) is 123. The maximum atomic E-state index is 11.7. The minimum Gasteiger partial charge on any atom is -0.368 e. The van der Waals surface area contributed by atoms with Gasteiger partial charge >= 0.3 is 0 Å². The first-order chi connectivity index (χ1) is 65.7. The number of hydrogen-bond acceptors (Lipinski definition) is 56. The van der Waals surface area contributed by atoms with Crippen LogP contribution in [0.3, 0.4) is 0 Å². The van der Waals surface area contributed by atoms with Crippen LogP contribution >= 0.6 is 0 Å². The molecule has 140 heavy (non-hydrogen) atoms. The van der Waals surface area contributed by atoms with E-state index >= 15 is 0 Å². The van der Waals surface area contributed by atoms with Gasteiger partial charge in [0.1, 0.15) is 171 Å². The van der Waals surface area contributed by atoms with Crippen molar-refractivity contribution in [3.8, 4) is 0 Å². The van der Waals surface area contributed by atoms with Gasteiger partial charge in [-0.2, -0.15) is 0 Å². The molecule has 21 aliphatic heterocycles. The third-order valence-electron chi connectivity index (χ3n) is 21.6. The average molecular weight is 2060 g/mol. The highest BCUT2D eigenvalue weighted by Gasteiger charge is 2.65. The van der Waals surface area contributed by atoms with Crippen molar-refractivity contribution in [3.63, 3.8) is 0 Å². The van der Waals surface area contributed by atoms with Gasteiger partial charge in [-0.1, -0.05) is 0 Å². The van der Waals surface area contributed by atoms with Gasteiger partial charge in [-0.25, -0.2) is 0 Å². The molecule has 56 heteroatoms. The largest absolute Gasteiger partial charge is 0.368 e. The standard InChI is InChI=1S/C84H154O56/c1-29(85)106-22-50-57-64(113-36(8)92)71(120-43(15)99)78(127-50)135-58-51(23-107-30(2)86)129-80(73(122-45(17)101)65(58)114-37(9)93)137-60-53(25-109-32(4)88)131-82(75(124-47(19)103)67(60)116-39(11)95)139-62-55(27-111-34(6)90)133-84(77(126-49(21)105)69(62)118-41(13)97)140-63-56(28-112-35(7)91)132-83(76(125-48(20)104)70(63)119-42(14)98)138-61-54(26-110-33(5)89)130-81(74(123-46(18)102)68(61)117-40(12)96)136-59-52(24-108-31(3)87)128-79(134-57)72(121-44(16)100)66(59)115-38(10)94/h29-105H,22-28H2,1-21H3. The summed E-state index contributed by atoms with van der Waals surface area (Å²) in [7, 11) is 0. The molecule has 0 aliphatic carbocycles. The van der Waals surface area contributed by atoms with Crippen LogP contribution < -0.4 is 0 Å². The molecule has 826 valence electrons. The second-order valence-electron chi connectivity index (χ2n) is 34.8. The van der Waals surface area contributed by atoms with Crippen molar-refractivity contribution < 1.29 is 273 Å². The van der Waals surface area contributed by atoms with Crippen molar-refractivity contribution in [2.24, 2.45) is 0 Å². The Kier molecular flexibility index (Phi) is 51.3. The Hall–Kier alpha value is -2.24. The van der Waals surface area contributed by atoms with Gasteiger partial charge in [-0.3, -0.25) is 0 Å². The molecule has 21 aliphatic rings. The minimum atomic E-state index is -2.16. The van der Waals surface area contributed by atoms with E-state index in [-0.39, 0.29) is 0 Å². The first-order valence-corrected chi connectivity index (χ1v) is 46.6. The average Bonchev–Trinajstić information content (AvgIpc) is 0.783. The quantitative estimate of drug-likeness (QED) is 0.0252. The van der Waals surface area contributed by atoms with E-state index in [9.17, 15) is 107 Å². The van der Waals surface area contributed by atoms with Gasteiger partial charge in [-0.15, -0.1) is 0 Å². The Balaban J connectivity index is 1.50. The molecule has 0 aromatic rings. The zero-order chi connectivity index (χ0) is 104. The number of aliphatic hydroxyl groups excluding tert-OH is 21. The van der Waals surface area contributed by atoms with Crippen molar-refractivity contribution in [1.29, 1.82) is 0 Å². The summed E-state index contributed by atoms with van der Waals surface area (Å²) in [5, 5.41) is 240. The third-order valence-corrected chi connectivity index (χ3v) is 21.6. The van der Waals surface area contributed by atoms with E-state index in [0.29, 0.717) is 0 Å². The van der Waals surface area contributed by atoms with E-state index in [1.807, 2.05) is 0 Å². The molecule has 56 unspecified atom stereocenters. The van der Waals surface area contributed by atoms with Crippen molar-refractivity contribution >= 4 is 0 Å². The molecule has 0 amide bonds. The van der Waals surface area contributed by atoms with Crippen molar-refractivity contribution in [3.05, 3.63) is 0 Å².